The van der Waals surface area contributed by atoms with Gasteiger partial charge in [-0.3, -0.25) is 4.72 Å². The van der Waals surface area contributed by atoms with Crippen molar-refractivity contribution in [2.45, 2.75) is 4.90 Å². The van der Waals surface area contributed by atoms with Crippen LogP contribution in [0.2, 0.25) is 0 Å². The summed E-state index contributed by atoms with van der Waals surface area (Å²) in [6.07, 6.45) is 3.42. The molecule has 29 heavy (non-hydrogen) atoms. The molecule has 2 aromatic carbocycles. The highest BCUT2D eigenvalue weighted by Gasteiger charge is 2.14. The number of nitrogens with one attached hydrogen (secondary N) is 2. The largest absolute Gasteiger partial charge is 0.339 e. The van der Waals surface area contributed by atoms with Crippen LogP contribution in [0.5, 0.6) is 0 Å². The van der Waals surface area contributed by atoms with E-state index in [-0.39, 0.29) is 4.90 Å². The van der Waals surface area contributed by atoms with E-state index in [9.17, 15) is 12.8 Å². The third kappa shape index (κ3) is 4.38. The second-order valence-electron chi connectivity index (χ2n) is 5.99. The predicted molar refractivity (Wildman–Crippen MR) is 106 cm³/mol. The number of rotatable bonds is 6. The summed E-state index contributed by atoms with van der Waals surface area (Å²) in [5.41, 5.74) is 1.04. The molecule has 0 aliphatic heterocycles. The molecule has 0 aliphatic rings. The van der Waals surface area contributed by atoms with Crippen molar-refractivity contribution in [2.24, 2.45) is 0 Å². The summed E-state index contributed by atoms with van der Waals surface area (Å²) in [5, 5.41) is 15.3. The number of aromatic nitrogens is 4. The quantitative estimate of drug-likeness (QED) is 0.505. The smallest absolute Gasteiger partial charge is 0.261 e. The van der Waals surface area contributed by atoms with Crippen molar-refractivity contribution in [3.63, 3.8) is 0 Å². The van der Waals surface area contributed by atoms with Crippen LogP contribution in [-0.2, 0) is 10.0 Å². The van der Waals surface area contributed by atoms with Crippen molar-refractivity contribution in [2.75, 3.05) is 10.0 Å². The molecule has 0 spiro atoms. The highest BCUT2D eigenvalue weighted by molar-refractivity contribution is 7.92. The summed E-state index contributed by atoms with van der Waals surface area (Å²) in [7, 11) is -3.87. The van der Waals surface area contributed by atoms with Crippen LogP contribution in [0.3, 0.4) is 0 Å². The SMILES string of the molecule is O=S(=O)(Nc1ccc(Nc2ccc(-n3cccn3)nn2)cc1)c1cccc(F)c1. The zero-order valence-corrected chi connectivity index (χ0v) is 15.7. The van der Waals surface area contributed by atoms with Gasteiger partial charge in [-0.25, -0.2) is 17.5 Å². The Kier molecular flexibility index (Phi) is 4.92. The highest BCUT2D eigenvalue weighted by atomic mass is 32.2. The fourth-order valence-corrected chi connectivity index (χ4v) is 3.63. The zero-order valence-electron chi connectivity index (χ0n) is 14.9. The highest BCUT2D eigenvalue weighted by Crippen LogP contribution is 2.21. The fraction of sp³-hybridized carbons (Fsp3) is 0. The summed E-state index contributed by atoms with van der Waals surface area (Å²) in [4.78, 5) is -0.146. The number of sulfonamides is 1. The lowest BCUT2D eigenvalue weighted by Gasteiger charge is -2.10. The third-order valence-corrected chi connectivity index (χ3v) is 5.28. The lowest BCUT2D eigenvalue weighted by molar-refractivity contribution is 0.595. The predicted octanol–water partition coefficient (Wildman–Crippen LogP) is 3.35. The first kappa shape index (κ1) is 18.6. The Bertz CT molecular complexity index is 1210. The number of halogens is 1. The number of anilines is 3. The Balaban J connectivity index is 1.44. The van der Waals surface area contributed by atoms with Crippen LogP contribution < -0.4 is 10.0 Å². The molecule has 0 unspecified atom stereocenters. The van der Waals surface area contributed by atoms with Gasteiger partial charge in [0.15, 0.2) is 11.6 Å². The lowest BCUT2D eigenvalue weighted by Crippen LogP contribution is -2.13. The maximum absolute atomic E-state index is 13.3. The summed E-state index contributed by atoms with van der Waals surface area (Å²) < 4.78 is 42.0. The standard InChI is InChI=1S/C19H15FN6O2S/c20-14-3-1-4-17(13-14)29(27,28)25-16-7-5-15(6-8-16)22-18-9-10-19(24-23-18)26-12-2-11-21-26/h1-13,25H,(H,22,23). The molecule has 0 aliphatic carbocycles. The van der Waals surface area contributed by atoms with Crippen LogP contribution >= 0.6 is 0 Å². The Labute approximate surface area is 166 Å². The summed E-state index contributed by atoms with van der Waals surface area (Å²) in [5.74, 6) is 0.490. The van der Waals surface area contributed by atoms with Crippen LogP contribution in [-0.4, -0.2) is 28.4 Å². The van der Waals surface area contributed by atoms with Crippen LogP contribution in [0.25, 0.3) is 5.82 Å². The van der Waals surface area contributed by atoms with E-state index in [1.165, 1.54) is 18.2 Å². The molecular formula is C19H15FN6O2S. The van der Waals surface area contributed by atoms with Gasteiger partial charge in [0.05, 0.1) is 4.90 Å². The minimum absolute atomic E-state index is 0.146. The van der Waals surface area contributed by atoms with Crippen molar-refractivity contribution in [1.82, 2.24) is 20.0 Å². The molecule has 0 fully saturated rings. The van der Waals surface area contributed by atoms with Gasteiger partial charge in [-0.05, 0) is 60.7 Å². The molecule has 4 rings (SSSR count). The van der Waals surface area contributed by atoms with Crippen molar-refractivity contribution < 1.29 is 12.8 Å². The van der Waals surface area contributed by atoms with Crippen LogP contribution in [0.4, 0.5) is 21.6 Å². The number of benzene rings is 2. The first-order valence-corrected chi connectivity index (χ1v) is 9.97. The molecule has 10 heteroatoms. The average molecular weight is 410 g/mol. The molecule has 8 nitrogen and oxygen atoms in total. The molecule has 0 bridgehead atoms. The summed E-state index contributed by atoms with van der Waals surface area (Å²) >= 11 is 0. The molecule has 0 saturated carbocycles. The topological polar surface area (TPSA) is 102 Å². The van der Waals surface area contributed by atoms with E-state index in [2.05, 4.69) is 25.3 Å². The molecule has 146 valence electrons. The van der Waals surface area contributed by atoms with Gasteiger partial charge in [0, 0.05) is 23.8 Å². The van der Waals surface area contributed by atoms with Gasteiger partial charge in [0.1, 0.15) is 5.82 Å². The summed E-state index contributed by atoms with van der Waals surface area (Å²) in [6.45, 7) is 0. The molecule has 2 heterocycles. The normalized spacial score (nSPS) is 11.2. The van der Waals surface area contributed by atoms with Crippen LogP contribution in [0, 0.1) is 5.82 Å². The molecule has 0 saturated heterocycles. The van der Waals surface area contributed by atoms with E-state index in [0.29, 0.717) is 23.0 Å². The second kappa shape index (κ2) is 7.68. The fourth-order valence-electron chi connectivity index (χ4n) is 2.54. The Hall–Kier alpha value is -3.79. The molecule has 0 radical (unpaired) electrons. The third-order valence-electron chi connectivity index (χ3n) is 3.91. The van der Waals surface area contributed by atoms with Gasteiger partial charge in [-0.2, -0.15) is 5.10 Å². The first-order chi connectivity index (χ1) is 14.0. The molecule has 2 aromatic heterocycles. The Morgan fingerprint density at radius 3 is 2.34 bits per heavy atom. The number of hydrogen-bond donors (Lipinski definition) is 2. The van der Waals surface area contributed by atoms with E-state index in [4.69, 9.17) is 0 Å². The summed E-state index contributed by atoms with van der Waals surface area (Å²) in [6, 6.07) is 16.7. The molecule has 0 amide bonds. The van der Waals surface area contributed by atoms with Gasteiger partial charge in [-0.1, -0.05) is 6.07 Å². The van der Waals surface area contributed by atoms with Crippen molar-refractivity contribution in [3.05, 3.63) is 84.9 Å². The van der Waals surface area contributed by atoms with E-state index in [0.717, 1.165) is 6.07 Å². The minimum atomic E-state index is -3.87. The molecule has 0 atom stereocenters. The Morgan fingerprint density at radius 1 is 0.897 bits per heavy atom. The maximum atomic E-state index is 13.3. The van der Waals surface area contributed by atoms with Crippen molar-refractivity contribution in [1.29, 1.82) is 0 Å². The van der Waals surface area contributed by atoms with E-state index in [1.807, 2.05) is 0 Å². The van der Waals surface area contributed by atoms with E-state index < -0.39 is 15.8 Å². The first-order valence-electron chi connectivity index (χ1n) is 8.49. The molecular weight excluding hydrogens is 395 g/mol. The van der Waals surface area contributed by atoms with Gasteiger partial charge < -0.3 is 5.32 Å². The van der Waals surface area contributed by atoms with Crippen LogP contribution in [0.1, 0.15) is 0 Å². The van der Waals surface area contributed by atoms with Gasteiger partial charge in [-0.15, -0.1) is 10.2 Å². The minimum Gasteiger partial charge on any atom is -0.339 e. The monoisotopic (exact) mass is 410 g/mol. The van der Waals surface area contributed by atoms with Crippen molar-refractivity contribution >= 4 is 27.2 Å². The van der Waals surface area contributed by atoms with Gasteiger partial charge in [0.25, 0.3) is 10.0 Å². The zero-order chi connectivity index (χ0) is 20.3. The van der Waals surface area contributed by atoms with Gasteiger partial charge in [0.2, 0.25) is 0 Å². The molecule has 4 aromatic rings. The maximum Gasteiger partial charge on any atom is 0.261 e. The van der Waals surface area contributed by atoms with Gasteiger partial charge >= 0.3 is 0 Å². The molecule has 2 N–H and O–H groups in total. The van der Waals surface area contributed by atoms with E-state index in [1.54, 1.807) is 59.5 Å². The van der Waals surface area contributed by atoms with Crippen molar-refractivity contribution in [3.8, 4) is 5.82 Å². The van der Waals surface area contributed by atoms with Crippen LogP contribution in [0.15, 0.2) is 84.0 Å². The average Bonchev–Trinajstić information content (AvgIpc) is 3.25. The number of nitrogens with zero attached hydrogens (tertiary/aromatic N) is 4. The second-order valence-corrected chi connectivity index (χ2v) is 7.68. The van der Waals surface area contributed by atoms with E-state index >= 15 is 0 Å². The number of hydrogen-bond acceptors (Lipinski definition) is 6. The lowest BCUT2D eigenvalue weighted by atomic mass is 10.3. The Morgan fingerprint density at radius 2 is 1.69 bits per heavy atom.